The van der Waals surface area contributed by atoms with Crippen LogP contribution in [0.5, 0.6) is 0 Å². The fourth-order valence-corrected chi connectivity index (χ4v) is 1.08. The summed E-state index contributed by atoms with van der Waals surface area (Å²) in [6.07, 6.45) is 4.45. The molecule has 68 valence electrons. The zero-order valence-corrected chi connectivity index (χ0v) is 7.02. The van der Waals surface area contributed by atoms with Crippen molar-refractivity contribution in [3.05, 3.63) is 34.5 Å². The maximum atomic E-state index is 10.8. The summed E-state index contributed by atoms with van der Waals surface area (Å²) in [6.45, 7) is 0. The molecule has 0 saturated carbocycles. The van der Waals surface area contributed by atoms with E-state index in [2.05, 4.69) is 9.97 Å². The Morgan fingerprint density at radius 2 is 2.50 bits per heavy atom. The van der Waals surface area contributed by atoms with Gasteiger partial charge in [-0.2, -0.15) is 5.26 Å². The third-order valence-corrected chi connectivity index (χ3v) is 1.65. The Bertz CT molecular complexity index is 586. The van der Waals surface area contributed by atoms with Gasteiger partial charge in [0.25, 0.3) is 0 Å². The SMILES string of the molecule is N#CC=Cc1cnc2[nH]c(=O)oc2c1. The zero-order chi connectivity index (χ0) is 9.97. The number of nitrogens with one attached hydrogen (secondary N) is 1. The number of aromatic nitrogens is 2. The molecule has 0 amide bonds. The van der Waals surface area contributed by atoms with E-state index in [0.29, 0.717) is 16.8 Å². The molecule has 2 heterocycles. The summed E-state index contributed by atoms with van der Waals surface area (Å²) < 4.78 is 4.80. The first-order chi connectivity index (χ1) is 6.79. The maximum absolute atomic E-state index is 10.8. The van der Waals surface area contributed by atoms with Crippen LogP contribution in [-0.4, -0.2) is 9.97 Å². The average Bonchev–Trinajstić information content (AvgIpc) is 2.54. The monoisotopic (exact) mass is 187 g/mol. The first kappa shape index (κ1) is 8.26. The molecule has 0 spiro atoms. The molecule has 0 aliphatic carbocycles. The third-order valence-electron chi connectivity index (χ3n) is 1.65. The van der Waals surface area contributed by atoms with Crippen LogP contribution in [0.2, 0.25) is 0 Å². The zero-order valence-electron chi connectivity index (χ0n) is 7.02. The molecule has 0 aliphatic heterocycles. The molecule has 2 rings (SSSR count). The highest BCUT2D eigenvalue weighted by molar-refractivity contribution is 5.70. The Balaban J connectivity index is 2.57. The molecule has 1 N–H and O–H groups in total. The van der Waals surface area contributed by atoms with Crippen LogP contribution in [0.1, 0.15) is 5.56 Å². The van der Waals surface area contributed by atoms with E-state index in [1.54, 1.807) is 18.3 Å². The van der Waals surface area contributed by atoms with Crippen molar-refractivity contribution in [2.45, 2.75) is 0 Å². The highest BCUT2D eigenvalue weighted by Crippen LogP contribution is 2.09. The van der Waals surface area contributed by atoms with Gasteiger partial charge in [-0.3, -0.25) is 4.98 Å². The Kier molecular flexibility index (Phi) is 1.88. The van der Waals surface area contributed by atoms with Crippen molar-refractivity contribution in [1.29, 1.82) is 5.26 Å². The summed E-state index contributed by atoms with van der Waals surface area (Å²) >= 11 is 0. The van der Waals surface area contributed by atoms with Crippen molar-refractivity contribution in [3.8, 4) is 6.07 Å². The van der Waals surface area contributed by atoms with E-state index in [0.717, 1.165) is 0 Å². The molecule has 0 atom stereocenters. The van der Waals surface area contributed by atoms with Crippen LogP contribution in [0.15, 0.2) is 27.6 Å². The van der Waals surface area contributed by atoms with Crippen LogP contribution in [0, 0.1) is 11.3 Å². The van der Waals surface area contributed by atoms with Gasteiger partial charge in [0, 0.05) is 12.3 Å². The van der Waals surface area contributed by atoms with Gasteiger partial charge in [-0.1, -0.05) is 0 Å². The van der Waals surface area contributed by atoms with Gasteiger partial charge in [-0.25, -0.2) is 9.78 Å². The van der Waals surface area contributed by atoms with Gasteiger partial charge in [-0.05, 0) is 17.7 Å². The Morgan fingerprint density at radius 3 is 3.29 bits per heavy atom. The minimum absolute atomic E-state index is 0.384. The molecule has 0 radical (unpaired) electrons. The Labute approximate surface area is 78.3 Å². The van der Waals surface area contributed by atoms with E-state index in [-0.39, 0.29) is 0 Å². The van der Waals surface area contributed by atoms with E-state index in [9.17, 15) is 4.79 Å². The minimum atomic E-state index is -0.533. The summed E-state index contributed by atoms with van der Waals surface area (Å²) in [4.78, 5) is 17.1. The van der Waals surface area contributed by atoms with Gasteiger partial charge >= 0.3 is 5.76 Å². The Hall–Kier alpha value is -2.35. The van der Waals surface area contributed by atoms with Crippen LogP contribution in [0.25, 0.3) is 17.3 Å². The van der Waals surface area contributed by atoms with E-state index in [1.165, 1.54) is 6.08 Å². The standard InChI is InChI=1S/C9H5N3O2/c10-3-1-2-6-4-7-8(11-5-6)12-9(13)14-7/h1-2,4-5H,(H,11,12,13). The minimum Gasteiger partial charge on any atom is -0.406 e. The predicted octanol–water partition coefficient (Wildman–Crippen LogP) is 1.05. The lowest BCUT2D eigenvalue weighted by atomic mass is 10.2. The first-order valence-corrected chi connectivity index (χ1v) is 3.84. The molecule has 5 nitrogen and oxygen atoms in total. The quantitative estimate of drug-likeness (QED) is 0.676. The number of hydrogen-bond donors (Lipinski definition) is 1. The fourth-order valence-electron chi connectivity index (χ4n) is 1.08. The number of H-pyrrole nitrogens is 1. The number of nitrogens with zero attached hydrogens (tertiary/aromatic N) is 2. The van der Waals surface area contributed by atoms with E-state index in [1.807, 2.05) is 6.07 Å². The normalized spacial score (nSPS) is 10.8. The molecule has 0 bridgehead atoms. The lowest BCUT2D eigenvalue weighted by Crippen LogP contribution is -1.93. The van der Waals surface area contributed by atoms with Crippen molar-refractivity contribution in [2.75, 3.05) is 0 Å². The van der Waals surface area contributed by atoms with Crippen molar-refractivity contribution >= 4 is 17.3 Å². The van der Waals surface area contributed by atoms with E-state index < -0.39 is 5.76 Å². The fraction of sp³-hybridized carbons (Fsp3) is 0. The molecule has 0 fully saturated rings. The second-order valence-corrected chi connectivity index (χ2v) is 2.59. The second-order valence-electron chi connectivity index (χ2n) is 2.59. The molecule has 0 aromatic carbocycles. The first-order valence-electron chi connectivity index (χ1n) is 3.84. The summed E-state index contributed by atoms with van der Waals surface area (Å²) in [7, 11) is 0. The number of rotatable bonds is 1. The molecular weight excluding hydrogens is 182 g/mol. The number of nitriles is 1. The molecule has 2 aromatic rings. The molecule has 0 aliphatic rings. The van der Waals surface area contributed by atoms with Gasteiger partial charge < -0.3 is 4.42 Å². The van der Waals surface area contributed by atoms with Gasteiger partial charge in [0.2, 0.25) is 0 Å². The molecule has 5 heteroatoms. The Morgan fingerprint density at radius 1 is 1.64 bits per heavy atom. The predicted molar refractivity (Wildman–Crippen MR) is 49.3 cm³/mol. The van der Waals surface area contributed by atoms with Crippen molar-refractivity contribution in [1.82, 2.24) is 9.97 Å². The smallest absolute Gasteiger partial charge is 0.406 e. The maximum Gasteiger partial charge on any atom is 0.418 e. The van der Waals surface area contributed by atoms with Crippen LogP contribution in [0.4, 0.5) is 0 Å². The largest absolute Gasteiger partial charge is 0.418 e. The third kappa shape index (κ3) is 1.41. The number of oxazole rings is 1. The number of hydrogen-bond acceptors (Lipinski definition) is 4. The molecular formula is C9H5N3O2. The molecule has 0 saturated heterocycles. The van der Waals surface area contributed by atoms with Gasteiger partial charge in [0.05, 0.1) is 6.07 Å². The van der Waals surface area contributed by atoms with Crippen LogP contribution < -0.4 is 5.76 Å². The van der Waals surface area contributed by atoms with Crippen LogP contribution >= 0.6 is 0 Å². The number of allylic oxidation sites excluding steroid dienone is 1. The lowest BCUT2D eigenvalue weighted by Gasteiger charge is -1.89. The van der Waals surface area contributed by atoms with Gasteiger partial charge in [0.15, 0.2) is 11.2 Å². The highest BCUT2D eigenvalue weighted by atomic mass is 16.4. The van der Waals surface area contributed by atoms with Gasteiger partial charge in [0.1, 0.15) is 0 Å². The summed E-state index contributed by atoms with van der Waals surface area (Å²) in [5.41, 5.74) is 1.50. The molecule has 0 unspecified atom stereocenters. The molecule has 2 aromatic heterocycles. The molecule has 14 heavy (non-hydrogen) atoms. The summed E-state index contributed by atoms with van der Waals surface area (Å²) in [6, 6.07) is 3.49. The lowest BCUT2D eigenvalue weighted by molar-refractivity contribution is 0.555. The van der Waals surface area contributed by atoms with Crippen molar-refractivity contribution in [3.63, 3.8) is 0 Å². The van der Waals surface area contributed by atoms with Gasteiger partial charge in [-0.15, -0.1) is 0 Å². The topological polar surface area (TPSA) is 82.7 Å². The van der Waals surface area contributed by atoms with E-state index >= 15 is 0 Å². The highest BCUT2D eigenvalue weighted by Gasteiger charge is 2.01. The number of pyridine rings is 1. The van der Waals surface area contributed by atoms with Crippen molar-refractivity contribution in [2.24, 2.45) is 0 Å². The van der Waals surface area contributed by atoms with E-state index in [4.69, 9.17) is 9.68 Å². The summed E-state index contributed by atoms with van der Waals surface area (Å²) in [5, 5.41) is 8.31. The second kappa shape index (κ2) is 3.18. The number of fused-ring (bicyclic) bond motifs is 1. The van der Waals surface area contributed by atoms with Crippen LogP contribution in [-0.2, 0) is 0 Å². The summed E-state index contributed by atoms with van der Waals surface area (Å²) in [5.74, 6) is -0.533. The van der Waals surface area contributed by atoms with Crippen LogP contribution in [0.3, 0.4) is 0 Å². The average molecular weight is 187 g/mol. The van der Waals surface area contributed by atoms with Crippen molar-refractivity contribution < 1.29 is 4.42 Å². The number of aromatic amines is 1.